The summed E-state index contributed by atoms with van der Waals surface area (Å²) in [5.74, 6) is -3.57. The first-order valence-electron chi connectivity index (χ1n) is 17.8. The number of oxime groups is 1. The molecule has 1 unspecified atom stereocenters. The van der Waals surface area contributed by atoms with Gasteiger partial charge in [0.05, 0.1) is 25.0 Å². The molecule has 0 aromatic heterocycles. The Hall–Kier alpha value is -4.80. The highest BCUT2D eigenvalue weighted by molar-refractivity contribution is 7.91. The van der Waals surface area contributed by atoms with E-state index in [1.165, 1.54) is 11.0 Å². The van der Waals surface area contributed by atoms with Crippen molar-refractivity contribution < 1.29 is 47.1 Å². The number of rotatable bonds is 12. The van der Waals surface area contributed by atoms with Crippen LogP contribution in [0.1, 0.15) is 57.1 Å². The summed E-state index contributed by atoms with van der Waals surface area (Å²) in [4.78, 5) is 62.3. The first-order valence-corrected chi connectivity index (χ1v) is 19.4. The number of benzene rings is 2. The third kappa shape index (κ3) is 7.02. The smallest absolute Gasteiger partial charge is 0.434 e. The lowest BCUT2D eigenvalue weighted by Gasteiger charge is -2.33. The Kier molecular flexibility index (Phi) is 9.80. The fourth-order valence-electron chi connectivity index (χ4n) is 7.36. The zero-order chi connectivity index (χ0) is 37.7. The highest BCUT2D eigenvalue weighted by Crippen LogP contribution is 2.45. The lowest BCUT2D eigenvalue weighted by molar-refractivity contribution is -0.164. The second kappa shape index (κ2) is 14.2. The molecule has 5 aliphatic rings. The van der Waals surface area contributed by atoms with Gasteiger partial charge < -0.3 is 24.5 Å². The zero-order valence-corrected chi connectivity index (χ0v) is 30.3. The van der Waals surface area contributed by atoms with Gasteiger partial charge >= 0.3 is 6.09 Å². The Morgan fingerprint density at radius 1 is 1.04 bits per heavy atom. The SMILES string of the molecule is C=C[C@@H]1C[C@@]1(NC(=O)[C@@H]1C[C@@H](ON=C2c3ccccc3-c3ccccc32)CN1C(=O)[C@@H](C(C)C)N(O)C(=O)OC1CCOC1)C(=O)NS(=O)(=O)C1CC1. The number of hydrogen-bond acceptors (Lipinski definition) is 11. The van der Waals surface area contributed by atoms with Crippen molar-refractivity contribution in [2.75, 3.05) is 19.8 Å². The van der Waals surface area contributed by atoms with E-state index in [0.717, 1.165) is 22.3 Å². The molecule has 0 radical (unpaired) electrons. The van der Waals surface area contributed by atoms with Crippen LogP contribution in [0.5, 0.6) is 0 Å². The Morgan fingerprint density at radius 2 is 1.68 bits per heavy atom. The molecule has 7 rings (SSSR count). The highest BCUT2D eigenvalue weighted by Gasteiger charge is 2.62. The predicted octanol–water partition coefficient (Wildman–Crippen LogP) is 2.72. The summed E-state index contributed by atoms with van der Waals surface area (Å²) < 4.78 is 38.1. The molecule has 53 heavy (non-hydrogen) atoms. The zero-order valence-electron chi connectivity index (χ0n) is 29.5. The van der Waals surface area contributed by atoms with Gasteiger partial charge in [0.15, 0.2) is 0 Å². The van der Waals surface area contributed by atoms with Crippen LogP contribution in [-0.4, -0.2) is 108 Å². The van der Waals surface area contributed by atoms with Crippen LogP contribution >= 0.6 is 0 Å². The average Bonchev–Trinajstić information content (AvgIpc) is 3.97. The molecule has 16 heteroatoms. The maximum Gasteiger partial charge on any atom is 0.434 e. The van der Waals surface area contributed by atoms with Crippen molar-refractivity contribution in [3.63, 3.8) is 0 Å². The van der Waals surface area contributed by atoms with Crippen molar-refractivity contribution in [1.29, 1.82) is 0 Å². The first kappa shape index (κ1) is 36.6. The van der Waals surface area contributed by atoms with Crippen molar-refractivity contribution in [2.45, 2.75) is 81.0 Å². The summed E-state index contributed by atoms with van der Waals surface area (Å²) in [7, 11) is -3.92. The van der Waals surface area contributed by atoms with Gasteiger partial charge in [-0.1, -0.05) is 73.6 Å². The minimum Gasteiger partial charge on any atom is -0.442 e. The summed E-state index contributed by atoms with van der Waals surface area (Å²) in [6.07, 6.45) is 0.296. The van der Waals surface area contributed by atoms with Crippen molar-refractivity contribution in [3.8, 4) is 11.1 Å². The molecule has 4 amide bonds. The van der Waals surface area contributed by atoms with Crippen molar-refractivity contribution >= 4 is 39.5 Å². The van der Waals surface area contributed by atoms with Crippen LogP contribution < -0.4 is 10.0 Å². The van der Waals surface area contributed by atoms with Gasteiger partial charge in [-0.2, -0.15) is 5.06 Å². The second-order valence-corrected chi connectivity index (χ2v) is 16.5. The molecule has 2 aromatic rings. The van der Waals surface area contributed by atoms with Gasteiger partial charge in [0, 0.05) is 29.9 Å². The van der Waals surface area contributed by atoms with Crippen LogP contribution in [0.25, 0.3) is 11.1 Å². The van der Waals surface area contributed by atoms with Gasteiger partial charge in [0.1, 0.15) is 35.5 Å². The molecule has 2 aliphatic heterocycles. The molecule has 3 aliphatic carbocycles. The van der Waals surface area contributed by atoms with E-state index in [1.54, 1.807) is 13.8 Å². The fraction of sp³-hybridized carbons (Fsp3) is 0.486. The lowest BCUT2D eigenvalue weighted by Crippen LogP contribution is -2.59. The number of carbonyl (C=O) groups is 4. The number of amides is 4. The topological polar surface area (TPSA) is 193 Å². The minimum atomic E-state index is -3.92. The molecule has 0 spiro atoms. The Bertz CT molecular complexity index is 1910. The van der Waals surface area contributed by atoms with E-state index in [1.807, 2.05) is 48.5 Å². The molecule has 15 nitrogen and oxygen atoms in total. The van der Waals surface area contributed by atoms with Crippen molar-refractivity contribution in [1.82, 2.24) is 20.0 Å². The van der Waals surface area contributed by atoms with E-state index < -0.39 is 80.8 Å². The molecule has 3 N–H and O–H groups in total. The third-order valence-electron chi connectivity index (χ3n) is 10.5. The monoisotopic (exact) mass is 749 g/mol. The highest BCUT2D eigenvalue weighted by atomic mass is 32.2. The van der Waals surface area contributed by atoms with Gasteiger partial charge in [-0.15, -0.1) is 6.58 Å². The Balaban J connectivity index is 1.16. The lowest BCUT2D eigenvalue weighted by atomic mass is 10.0. The predicted molar refractivity (Wildman–Crippen MR) is 190 cm³/mol. The minimum absolute atomic E-state index is 0.0609. The molecule has 282 valence electrons. The molecule has 2 saturated carbocycles. The molecule has 2 aromatic carbocycles. The van der Waals surface area contributed by atoms with Crippen LogP contribution in [0.4, 0.5) is 4.79 Å². The normalized spacial score (nSPS) is 26.3. The van der Waals surface area contributed by atoms with E-state index >= 15 is 0 Å². The maximum absolute atomic E-state index is 14.4. The molecule has 0 bridgehead atoms. The molecule has 6 atom stereocenters. The number of carbonyl (C=O) groups excluding carboxylic acids is 4. The summed E-state index contributed by atoms with van der Waals surface area (Å²) >= 11 is 0. The van der Waals surface area contributed by atoms with E-state index in [-0.39, 0.29) is 31.1 Å². The van der Waals surface area contributed by atoms with Crippen molar-refractivity contribution in [2.24, 2.45) is 17.0 Å². The van der Waals surface area contributed by atoms with Crippen LogP contribution in [0.3, 0.4) is 0 Å². The van der Waals surface area contributed by atoms with Gasteiger partial charge in [-0.3, -0.25) is 24.3 Å². The molecular weight excluding hydrogens is 706 g/mol. The average molecular weight is 750 g/mol. The van der Waals surface area contributed by atoms with Crippen LogP contribution in [0.15, 0.2) is 66.3 Å². The Morgan fingerprint density at radius 3 is 2.23 bits per heavy atom. The van der Waals surface area contributed by atoms with Gasteiger partial charge in [-0.05, 0) is 36.3 Å². The van der Waals surface area contributed by atoms with E-state index in [9.17, 15) is 32.8 Å². The summed E-state index contributed by atoms with van der Waals surface area (Å²) in [5, 5.41) is 17.9. The molecule has 4 fully saturated rings. The van der Waals surface area contributed by atoms with Gasteiger partial charge in [-0.25, -0.2) is 13.2 Å². The number of nitrogens with zero attached hydrogens (tertiary/aromatic N) is 3. The van der Waals surface area contributed by atoms with Crippen LogP contribution in [0, 0.1) is 11.8 Å². The first-order chi connectivity index (χ1) is 25.3. The number of ether oxygens (including phenoxy) is 2. The molecule has 2 heterocycles. The maximum atomic E-state index is 14.4. The van der Waals surface area contributed by atoms with Crippen molar-refractivity contribution in [3.05, 3.63) is 72.3 Å². The summed E-state index contributed by atoms with van der Waals surface area (Å²) in [6.45, 7) is 7.42. The number of likely N-dealkylation sites (tertiary alicyclic amines) is 1. The molecule has 2 saturated heterocycles. The standard InChI is InChI=1S/C37H43N5O10S/c1-4-22-18-37(22,35(45)40-53(48,49)25-13-14-25)38-33(43)30-17-24(52-39-31-28-11-7-5-9-26(28)27-10-6-8-12-29(27)31)19-41(30)34(44)32(21(2)3)42(47)36(46)51-23-15-16-50-20-23/h4-12,21-25,30,32,47H,1,13-20H2,2-3H3,(H,38,43)(H,40,45)/t22-,23?,24-,30+,32-,37+/m1/s1. The number of hydrogen-bond donors (Lipinski definition) is 3. The van der Waals surface area contributed by atoms with Crippen LogP contribution in [-0.2, 0) is 38.7 Å². The quantitative estimate of drug-likeness (QED) is 0.141. The second-order valence-electron chi connectivity index (χ2n) is 14.6. The Labute approximate surface area is 307 Å². The summed E-state index contributed by atoms with van der Waals surface area (Å²) in [5.41, 5.74) is 2.67. The van der Waals surface area contributed by atoms with Gasteiger partial charge in [0.2, 0.25) is 21.8 Å². The van der Waals surface area contributed by atoms with E-state index in [2.05, 4.69) is 21.8 Å². The van der Waals surface area contributed by atoms with Gasteiger partial charge in [0.25, 0.3) is 5.91 Å². The fourth-order valence-corrected chi connectivity index (χ4v) is 8.73. The van der Waals surface area contributed by atoms with E-state index in [4.69, 9.17) is 14.3 Å². The number of nitrogens with one attached hydrogen (secondary N) is 2. The van der Waals surface area contributed by atoms with Crippen LogP contribution in [0.2, 0.25) is 0 Å². The number of hydroxylamine groups is 2. The molecular formula is C37H43N5O10S. The van der Waals surface area contributed by atoms with E-state index in [0.29, 0.717) is 31.6 Å². The largest absolute Gasteiger partial charge is 0.442 e. The number of fused-ring (bicyclic) bond motifs is 3. The number of sulfonamides is 1. The summed E-state index contributed by atoms with van der Waals surface area (Å²) in [6, 6.07) is 12.8. The third-order valence-corrected chi connectivity index (χ3v) is 12.4.